The van der Waals surface area contributed by atoms with Crippen molar-refractivity contribution in [1.82, 2.24) is 4.98 Å². The first-order chi connectivity index (χ1) is 10.9. The van der Waals surface area contributed by atoms with E-state index in [1.807, 2.05) is 23.6 Å². The summed E-state index contributed by atoms with van der Waals surface area (Å²) in [4.78, 5) is 5.83. The predicted octanol–water partition coefficient (Wildman–Crippen LogP) is 6.19. The number of hydrogen-bond acceptors (Lipinski definition) is 3. The Kier molecular flexibility index (Phi) is 5.07. The van der Waals surface area contributed by atoms with E-state index in [9.17, 15) is 0 Å². The van der Waals surface area contributed by atoms with Crippen LogP contribution in [-0.4, -0.2) is 4.98 Å². The van der Waals surface area contributed by atoms with Crippen LogP contribution in [0.3, 0.4) is 0 Å². The van der Waals surface area contributed by atoms with Gasteiger partial charge in [0.25, 0.3) is 0 Å². The molecule has 0 saturated carbocycles. The Bertz CT molecular complexity index is 700. The lowest BCUT2D eigenvalue weighted by molar-refractivity contribution is 0.568. The summed E-state index contributed by atoms with van der Waals surface area (Å²) in [5.74, 6) is 0. The van der Waals surface area contributed by atoms with Crippen molar-refractivity contribution in [2.45, 2.75) is 39.0 Å². The molecular formula is C19H21NOS. The lowest BCUT2D eigenvalue weighted by Gasteiger charge is -2.06. The maximum atomic E-state index is 5.16. The molecular weight excluding hydrogens is 290 g/mol. The molecule has 114 valence electrons. The molecule has 0 radical (unpaired) electrons. The molecule has 3 aromatic heterocycles. The van der Waals surface area contributed by atoms with Gasteiger partial charge in [0.05, 0.1) is 18.2 Å². The second-order valence-electron chi connectivity index (χ2n) is 5.53. The zero-order valence-electron chi connectivity index (χ0n) is 12.9. The van der Waals surface area contributed by atoms with E-state index in [4.69, 9.17) is 4.42 Å². The number of hydrogen-bond donors (Lipinski definition) is 0. The topological polar surface area (TPSA) is 26.0 Å². The van der Waals surface area contributed by atoms with Crippen molar-refractivity contribution in [2.24, 2.45) is 0 Å². The second kappa shape index (κ2) is 7.41. The minimum absolute atomic E-state index is 0.969. The lowest BCUT2D eigenvalue weighted by Crippen LogP contribution is -1.88. The number of thiophene rings is 1. The minimum atomic E-state index is 0.969. The minimum Gasteiger partial charge on any atom is -0.472 e. The molecule has 3 rings (SSSR count). The fraction of sp³-hybridized carbons (Fsp3) is 0.316. The van der Waals surface area contributed by atoms with E-state index >= 15 is 0 Å². The van der Waals surface area contributed by atoms with E-state index in [0.717, 1.165) is 11.3 Å². The number of aromatic nitrogens is 1. The average Bonchev–Trinajstić information content (AvgIpc) is 3.23. The molecule has 0 aliphatic rings. The van der Waals surface area contributed by atoms with Crippen LogP contribution >= 0.6 is 11.3 Å². The van der Waals surface area contributed by atoms with E-state index in [2.05, 4.69) is 35.5 Å². The van der Waals surface area contributed by atoms with E-state index in [0.29, 0.717) is 0 Å². The van der Waals surface area contributed by atoms with E-state index in [1.165, 1.54) is 48.1 Å². The summed E-state index contributed by atoms with van der Waals surface area (Å²) in [7, 11) is 0. The molecule has 22 heavy (non-hydrogen) atoms. The highest BCUT2D eigenvalue weighted by atomic mass is 32.1. The standard InChI is InChI=1S/C19H21NOS/c1-2-3-4-5-6-15-9-12-22-19(15)16-7-10-20-18(13-16)17-8-11-21-14-17/h7-14H,2-6H2,1H3. The van der Waals surface area contributed by atoms with Crippen molar-refractivity contribution in [1.29, 1.82) is 0 Å². The second-order valence-corrected chi connectivity index (χ2v) is 6.44. The molecule has 3 heterocycles. The van der Waals surface area contributed by atoms with Crippen LogP contribution in [-0.2, 0) is 6.42 Å². The third kappa shape index (κ3) is 3.47. The SMILES string of the molecule is CCCCCCc1ccsc1-c1ccnc(-c2ccoc2)c1. The number of furan rings is 1. The van der Waals surface area contributed by atoms with Crippen LogP contribution in [0.1, 0.15) is 38.2 Å². The molecule has 0 aliphatic heterocycles. The van der Waals surface area contributed by atoms with Gasteiger partial charge in [-0.05, 0) is 53.6 Å². The van der Waals surface area contributed by atoms with Gasteiger partial charge < -0.3 is 4.42 Å². The number of pyridine rings is 1. The zero-order valence-corrected chi connectivity index (χ0v) is 13.7. The Hall–Kier alpha value is -1.87. The average molecular weight is 311 g/mol. The summed E-state index contributed by atoms with van der Waals surface area (Å²) in [6.07, 6.45) is 11.7. The summed E-state index contributed by atoms with van der Waals surface area (Å²) < 4.78 is 5.16. The highest BCUT2D eigenvalue weighted by Crippen LogP contribution is 2.32. The van der Waals surface area contributed by atoms with Gasteiger partial charge in [0.15, 0.2) is 0 Å². The summed E-state index contributed by atoms with van der Waals surface area (Å²) in [6, 6.07) is 8.48. The molecule has 0 aromatic carbocycles. The predicted molar refractivity (Wildman–Crippen MR) is 93.1 cm³/mol. The van der Waals surface area contributed by atoms with Crippen molar-refractivity contribution >= 4 is 11.3 Å². The number of unbranched alkanes of at least 4 members (excludes halogenated alkanes) is 3. The normalized spacial score (nSPS) is 11.0. The molecule has 0 aliphatic carbocycles. The summed E-state index contributed by atoms with van der Waals surface area (Å²) in [6.45, 7) is 2.25. The third-order valence-corrected chi connectivity index (χ3v) is 4.89. The van der Waals surface area contributed by atoms with Gasteiger partial charge in [-0.2, -0.15) is 0 Å². The van der Waals surface area contributed by atoms with E-state index < -0.39 is 0 Å². The van der Waals surface area contributed by atoms with Crippen LogP contribution in [0, 0.1) is 0 Å². The van der Waals surface area contributed by atoms with Crippen LogP contribution < -0.4 is 0 Å². The first kappa shape index (κ1) is 15.0. The van der Waals surface area contributed by atoms with Crippen molar-refractivity contribution in [3.8, 4) is 21.7 Å². The molecule has 0 fully saturated rings. The van der Waals surface area contributed by atoms with Gasteiger partial charge in [0.2, 0.25) is 0 Å². The van der Waals surface area contributed by atoms with Gasteiger partial charge >= 0.3 is 0 Å². The molecule has 2 nitrogen and oxygen atoms in total. The van der Waals surface area contributed by atoms with Gasteiger partial charge in [-0.3, -0.25) is 4.98 Å². The third-order valence-electron chi connectivity index (χ3n) is 3.89. The van der Waals surface area contributed by atoms with Crippen LogP contribution in [0.25, 0.3) is 21.7 Å². The Labute approximate surface area is 135 Å². The quantitative estimate of drug-likeness (QED) is 0.486. The highest BCUT2D eigenvalue weighted by Gasteiger charge is 2.09. The first-order valence-corrected chi connectivity index (χ1v) is 8.82. The first-order valence-electron chi connectivity index (χ1n) is 7.94. The number of aryl methyl sites for hydroxylation is 1. The van der Waals surface area contributed by atoms with Gasteiger partial charge in [-0.25, -0.2) is 0 Å². The lowest BCUT2D eigenvalue weighted by atomic mass is 10.0. The van der Waals surface area contributed by atoms with E-state index in [-0.39, 0.29) is 0 Å². The Morgan fingerprint density at radius 1 is 1.09 bits per heavy atom. The van der Waals surface area contributed by atoms with Gasteiger partial charge in [0.1, 0.15) is 0 Å². The van der Waals surface area contributed by atoms with Gasteiger partial charge in [-0.1, -0.05) is 26.2 Å². The van der Waals surface area contributed by atoms with Crippen LogP contribution in [0.15, 0.2) is 52.8 Å². The zero-order chi connectivity index (χ0) is 15.2. The molecule has 0 unspecified atom stereocenters. The van der Waals surface area contributed by atoms with Crippen molar-refractivity contribution in [3.63, 3.8) is 0 Å². The largest absolute Gasteiger partial charge is 0.472 e. The highest BCUT2D eigenvalue weighted by molar-refractivity contribution is 7.13. The number of nitrogens with zero attached hydrogens (tertiary/aromatic N) is 1. The molecule has 0 saturated heterocycles. The maximum absolute atomic E-state index is 5.16. The summed E-state index contributed by atoms with van der Waals surface area (Å²) in [5, 5.41) is 2.20. The van der Waals surface area contributed by atoms with Crippen LogP contribution in [0.2, 0.25) is 0 Å². The van der Waals surface area contributed by atoms with Gasteiger partial charge in [-0.15, -0.1) is 11.3 Å². The molecule has 0 bridgehead atoms. The molecule has 3 heteroatoms. The fourth-order valence-electron chi connectivity index (χ4n) is 2.67. The van der Waals surface area contributed by atoms with Crippen molar-refractivity contribution in [3.05, 3.63) is 53.9 Å². The van der Waals surface area contributed by atoms with Crippen LogP contribution in [0.5, 0.6) is 0 Å². The molecule has 0 atom stereocenters. The molecule has 0 N–H and O–H groups in total. The monoisotopic (exact) mass is 311 g/mol. The smallest absolute Gasteiger partial charge is 0.0996 e. The summed E-state index contributed by atoms with van der Waals surface area (Å²) >= 11 is 1.82. The summed E-state index contributed by atoms with van der Waals surface area (Å²) in [5.41, 5.74) is 4.72. The van der Waals surface area contributed by atoms with Crippen LogP contribution in [0.4, 0.5) is 0 Å². The molecule has 0 spiro atoms. The van der Waals surface area contributed by atoms with Crippen molar-refractivity contribution in [2.75, 3.05) is 0 Å². The van der Waals surface area contributed by atoms with E-state index in [1.54, 1.807) is 12.5 Å². The molecule has 3 aromatic rings. The number of rotatable bonds is 7. The maximum Gasteiger partial charge on any atom is 0.0996 e. The Morgan fingerprint density at radius 3 is 2.86 bits per heavy atom. The van der Waals surface area contributed by atoms with Crippen molar-refractivity contribution < 1.29 is 4.42 Å². The Morgan fingerprint density at radius 2 is 2.05 bits per heavy atom. The van der Waals surface area contributed by atoms with Gasteiger partial charge in [0, 0.05) is 16.6 Å². The molecule has 0 amide bonds. The Balaban J connectivity index is 1.80. The fourth-order valence-corrected chi connectivity index (χ4v) is 3.62.